The molecule has 0 unspecified atom stereocenters. The number of rotatable bonds is 10. The second-order valence-corrected chi connectivity index (χ2v) is 7.10. The van der Waals surface area contributed by atoms with Crippen LogP contribution in [0.3, 0.4) is 0 Å². The molecule has 1 N–H and O–H groups in total. The van der Waals surface area contributed by atoms with Crippen LogP contribution in [0.4, 0.5) is 0 Å². The second kappa shape index (κ2) is 13.7. The Morgan fingerprint density at radius 3 is 2.36 bits per heavy atom. The van der Waals surface area contributed by atoms with Crippen molar-refractivity contribution in [1.29, 1.82) is 0 Å². The Labute approximate surface area is 175 Å². The summed E-state index contributed by atoms with van der Waals surface area (Å²) in [5.74, 6) is 0.930. The van der Waals surface area contributed by atoms with E-state index < -0.39 is 0 Å². The van der Waals surface area contributed by atoms with E-state index in [2.05, 4.69) is 45.8 Å². The molecule has 0 amide bonds. The van der Waals surface area contributed by atoms with E-state index in [1.165, 1.54) is 44.3 Å². The van der Waals surface area contributed by atoms with E-state index in [0.29, 0.717) is 0 Å². The molecule has 0 aliphatic rings. The summed E-state index contributed by atoms with van der Waals surface area (Å²) in [6, 6.07) is 2.00. The molecule has 7 heteroatoms. The molecule has 0 fully saturated rings. The highest BCUT2D eigenvalue weighted by molar-refractivity contribution is 14.0. The van der Waals surface area contributed by atoms with Crippen LogP contribution in [0.25, 0.3) is 0 Å². The summed E-state index contributed by atoms with van der Waals surface area (Å²) < 4.78 is 2.06. The normalized spacial score (nSPS) is 11.6. The monoisotopic (exact) mass is 483 g/mol. The van der Waals surface area contributed by atoms with E-state index in [4.69, 9.17) is 11.6 Å². The molecule has 0 saturated heterocycles. The molecular weight excluding hydrogens is 449 g/mol. The highest BCUT2D eigenvalue weighted by Gasteiger charge is 2.09. The van der Waals surface area contributed by atoms with E-state index in [-0.39, 0.29) is 24.0 Å². The Hall–Kier alpha value is -0.470. The maximum Gasteiger partial charge on any atom is 0.193 e. The van der Waals surface area contributed by atoms with E-state index in [1.54, 1.807) is 0 Å². The van der Waals surface area contributed by atoms with Crippen molar-refractivity contribution in [2.75, 3.05) is 41.3 Å². The first-order valence-corrected chi connectivity index (χ1v) is 9.19. The van der Waals surface area contributed by atoms with Crippen molar-refractivity contribution in [1.82, 2.24) is 19.7 Å². The van der Waals surface area contributed by atoms with Gasteiger partial charge in [0, 0.05) is 39.6 Å². The zero-order valence-corrected chi connectivity index (χ0v) is 19.5. The largest absolute Gasteiger partial charge is 0.356 e. The van der Waals surface area contributed by atoms with Gasteiger partial charge in [0.25, 0.3) is 0 Å². The number of aryl methyl sites for hydroxylation is 1. The molecule has 5 nitrogen and oxygen atoms in total. The fourth-order valence-corrected chi connectivity index (χ4v) is 2.98. The molecule has 0 aliphatic heterocycles. The number of unbranched alkanes of at least 4 members (excludes halogenated alkanes) is 4. The van der Waals surface area contributed by atoms with Gasteiger partial charge in [-0.05, 0) is 39.5 Å². The minimum atomic E-state index is 0. The molecule has 0 spiro atoms. The number of halogens is 2. The average molecular weight is 484 g/mol. The number of aliphatic imine (C=N–C) groups is 1. The molecule has 0 aliphatic carbocycles. The molecule has 0 bridgehead atoms. The molecule has 0 atom stereocenters. The third-order valence-electron chi connectivity index (χ3n) is 4.11. The third kappa shape index (κ3) is 10.3. The summed E-state index contributed by atoms with van der Waals surface area (Å²) in [7, 11) is 10.2. The van der Waals surface area contributed by atoms with Gasteiger partial charge in [-0.1, -0.05) is 30.9 Å². The second-order valence-electron chi connectivity index (χ2n) is 6.66. The fraction of sp³-hybridized carbons (Fsp3) is 0.722. The smallest absolute Gasteiger partial charge is 0.193 e. The maximum absolute atomic E-state index is 6.05. The number of nitrogens with one attached hydrogen (secondary N) is 1. The molecule has 25 heavy (non-hydrogen) atoms. The third-order valence-corrected chi connectivity index (χ3v) is 4.32. The summed E-state index contributed by atoms with van der Waals surface area (Å²) in [4.78, 5) is 8.75. The molecule has 1 heterocycles. The molecule has 0 radical (unpaired) electrons. The average Bonchev–Trinajstić information content (AvgIpc) is 2.83. The van der Waals surface area contributed by atoms with Crippen LogP contribution >= 0.6 is 35.6 Å². The van der Waals surface area contributed by atoms with Gasteiger partial charge in [0.1, 0.15) is 0 Å². The number of hydrogen-bond donors (Lipinski definition) is 1. The summed E-state index contributed by atoms with van der Waals surface area (Å²) in [5.41, 5.74) is 1.17. The van der Waals surface area contributed by atoms with Gasteiger partial charge in [-0.2, -0.15) is 0 Å². The summed E-state index contributed by atoms with van der Waals surface area (Å²) in [6.45, 7) is 2.95. The maximum atomic E-state index is 6.05. The molecule has 0 aromatic carbocycles. The Kier molecular flexibility index (Phi) is 13.4. The van der Waals surface area contributed by atoms with Crippen LogP contribution in [0.5, 0.6) is 0 Å². The van der Waals surface area contributed by atoms with Gasteiger partial charge in [-0.3, -0.25) is 4.99 Å². The number of hydrogen-bond acceptors (Lipinski definition) is 2. The van der Waals surface area contributed by atoms with E-state index >= 15 is 0 Å². The van der Waals surface area contributed by atoms with E-state index in [9.17, 15) is 0 Å². The highest BCUT2D eigenvalue weighted by atomic mass is 127. The Morgan fingerprint density at radius 1 is 1.16 bits per heavy atom. The molecule has 1 rings (SSSR count). The van der Waals surface area contributed by atoms with Crippen LogP contribution in [-0.4, -0.2) is 61.6 Å². The van der Waals surface area contributed by atoms with Gasteiger partial charge in [0.15, 0.2) is 5.96 Å². The minimum Gasteiger partial charge on any atom is -0.356 e. The van der Waals surface area contributed by atoms with Gasteiger partial charge in [0.2, 0.25) is 0 Å². The van der Waals surface area contributed by atoms with Crippen molar-refractivity contribution < 1.29 is 0 Å². The standard InChI is InChI=1S/C18H34ClN5.HI/c1-20-18(21-11-9-7-6-8-10-12-22(2)3)24(5)15-17-13-16(19)14-23(17)4;/h13-14H,6-12,15H2,1-5H3,(H,20,21);1H. The van der Waals surface area contributed by atoms with Crippen LogP contribution < -0.4 is 5.32 Å². The van der Waals surface area contributed by atoms with Crippen LogP contribution in [-0.2, 0) is 13.6 Å². The van der Waals surface area contributed by atoms with Crippen molar-refractivity contribution in [3.05, 3.63) is 23.0 Å². The van der Waals surface area contributed by atoms with Crippen molar-refractivity contribution in [2.24, 2.45) is 12.0 Å². The molecule has 0 saturated carbocycles. The van der Waals surface area contributed by atoms with Crippen LogP contribution in [0, 0.1) is 0 Å². The predicted octanol–water partition coefficient (Wildman–Crippen LogP) is 3.82. The summed E-state index contributed by atoms with van der Waals surface area (Å²) >= 11 is 6.05. The lowest BCUT2D eigenvalue weighted by molar-refractivity contribution is 0.389. The van der Waals surface area contributed by atoms with Crippen molar-refractivity contribution in [3.8, 4) is 0 Å². The number of nitrogens with zero attached hydrogens (tertiary/aromatic N) is 4. The van der Waals surface area contributed by atoms with Crippen LogP contribution in [0.1, 0.15) is 37.8 Å². The van der Waals surface area contributed by atoms with Gasteiger partial charge >= 0.3 is 0 Å². The summed E-state index contributed by atoms with van der Waals surface area (Å²) in [6.07, 6.45) is 8.31. The summed E-state index contributed by atoms with van der Waals surface area (Å²) in [5, 5.41) is 4.23. The predicted molar refractivity (Wildman–Crippen MR) is 120 cm³/mol. The lowest BCUT2D eigenvalue weighted by atomic mass is 10.1. The Morgan fingerprint density at radius 2 is 1.80 bits per heavy atom. The van der Waals surface area contributed by atoms with Gasteiger partial charge < -0.3 is 19.7 Å². The fourth-order valence-electron chi connectivity index (χ4n) is 2.71. The van der Waals surface area contributed by atoms with Gasteiger partial charge in [-0.15, -0.1) is 24.0 Å². The SMILES string of the molecule is CN=C(NCCCCCCCN(C)C)N(C)Cc1cc(Cl)cn1C.I. The molecule has 1 aromatic heterocycles. The van der Waals surface area contributed by atoms with Gasteiger partial charge in [-0.25, -0.2) is 0 Å². The van der Waals surface area contributed by atoms with Crippen LogP contribution in [0.15, 0.2) is 17.3 Å². The zero-order chi connectivity index (χ0) is 17.9. The highest BCUT2D eigenvalue weighted by Crippen LogP contribution is 2.14. The number of guanidine groups is 1. The van der Waals surface area contributed by atoms with E-state index in [0.717, 1.165) is 24.1 Å². The lowest BCUT2D eigenvalue weighted by Gasteiger charge is -2.22. The lowest BCUT2D eigenvalue weighted by Crippen LogP contribution is -2.39. The first kappa shape index (κ1) is 24.5. The topological polar surface area (TPSA) is 35.8 Å². The van der Waals surface area contributed by atoms with Crippen molar-refractivity contribution in [2.45, 2.75) is 38.6 Å². The Balaban J connectivity index is 0.00000576. The van der Waals surface area contributed by atoms with E-state index in [1.807, 2.05) is 26.4 Å². The minimum absolute atomic E-state index is 0. The molecule has 1 aromatic rings. The first-order valence-electron chi connectivity index (χ1n) is 8.81. The van der Waals surface area contributed by atoms with Crippen molar-refractivity contribution >= 4 is 41.5 Å². The quantitative estimate of drug-likeness (QED) is 0.238. The zero-order valence-electron chi connectivity index (χ0n) is 16.4. The van der Waals surface area contributed by atoms with Crippen LogP contribution in [0.2, 0.25) is 5.02 Å². The molecule has 146 valence electrons. The van der Waals surface area contributed by atoms with Crippen molar-refractivity contribution in [3.63, 3.8) is 0 Å². The Bertz CT molecular complexity index is 502. The number of aromatic nitrogens is 1. The first-order chi connectivity index (χ1) is 11.4. The molecular formula is C18H35ClIN5. The van der Waals surface area contributed by atoms with Gasteiger partial charge in [0.05, 0.1) is 11.6 Å².